The van der Waals surface area contributed by atoms with Crippen molar-refractivity contribution in [3.63, 3.8) is 0 Å². The van der Waals surface area contributed by atoms with Crippen molar-refractivity contribution in [1.82, 2.24) is 5.32 Å². The zero-order valence-electron chi connectivity index (χ0n) is 14.9. The van der Waals surface area contributed by atoms with E-state index in [2.05, 4.69) is 17.6 Å². The van der Waals surface area contributed by atoms with E-state index >= 15 is 0 Å². The number of hydrogen-bond donors (Lipinski definition) is 2. The molecule has 1 aromatic rings. The van der Waals surface area contributed by atoms with Gasteiger partial charge in [-0.25, -0.2) is 0 Å². The molecule has 3 unspecified atom stereocenters. The van der Waals surface area contributed by atoms with Crippen molar-refractivity contribution in [2.24, 2.45) is 0 Å². The minimum Gasteiger partial charge on any atom is -0.497 e. The van der Waals surface area contributed by atoms with Gasteiger partial charge < -0.3 is 24.8 Å². The molecule has 134 valence electrons. The fourth-order valence-corrected chi connectivity index (χ4v) is 2.99. The van der Waals surface area contributed by atoms with Crippen LogP contribution in [-0.4, -0.2) is 44.9 Å². The van der Waals surface area contributed by atoms with Gasteiger partial charge in [0.15, 0.2) is 0 Å². The summed E-state index contributed by atoms with van der Waals surface area (Å²) >= 11 is 0. The Bertz CT molecular complexity index is 544. The lowest BCUT2D eigenvalue weighted by Gasteiger charge is -2.24. The molecule has 0 saturated carbocycles. The van der Waals surface area contributed by atoms with Crippen molar-refractivity contribution < 1.29 is 19.0 Å². The van der Waals surface area contributed by atoms with Gasteiger partial charge in [0, 0.05) is 31.2 Å². The molecule has 0 spiro atoms. The van der Waals surface area contributed by atoms with Gasteiger partial charge in [-0.2, -0.15) is 0 Å². The van der Waals surface area contributed by atoms with Crippen LogP contribution in [0.1, 0.15) is 33.1 Å². The van der Waals surface area contributed by atoms with E-state index in [1.54, 1.807) is 32.4 Å². The fraction of sp³-hybridized carbons (Fsp3) is 0.611. The first-order valence-electron chi connectivity index (χ1n) is 8.43. The van der Waals surface area contributed by atoms with Crippen LogP contribution in [0.4, 0.5) is 5.69 Å². The zero-order chi connectivity index (χ0) is 17.5. The van der Waals surface area contributed by atoms with E-state index in [1.165, 1.54) is 0 Å². The number of hydrogen-bond acceptors (Lipinski definition) is 5. The molecule has 24 heavy (non-hydrogen) atoms. The molecule has 2 rings (SSSR count). The number of anilines is 1. The smallest absolute Gasteiger partial charge is 0.226 e. The van der Waals surface area contributed by atoms with Crippen molar-refractivity contribution in [2.45, 2.75) is 51.3 Å². The van der Waals surface area contributed by atoms with Crippen LogP contribution in [0.15, 0.2) is 18.2 Å². The molecule has 0 aromatic heterocycles. The molecule has 1 aromatic carbocycles. The summed E-state index contributed by atoms with van der Waals surface area (Å²) in [6, 6.07) is 5.62. The Labute approximate surface area is 143 Å². The molecular formula is C18H28N2O4. The van der Waals surface area contributed by atoms with Gasteiger partial charge >= 0.3 is 0 Å². The molecule has 6 nitrogen and oxygen atoms in total. The van der Waals surface area contributed by atoms with Crippen LogP contribution in [0.2, 0.25) is 0 Å². The predicted molar refractivity (Wildman–Crippen MR) is 93.8 cm³/mol. The van der Waals surface area contributed by atoms with Crippen molar-refractivity contribution in [3.05, 3.63) is 18.2 Å². The van der Waals surface area contributed by atoms with Gasteiger partial charge in [0.05, 0.1) is 26.0 Å². The number of ether oxygens (including phenoxy) is 3. The Hall–Kier alpha value is -1.79. The molecule has 1 heterocycles. The SMILES string of the molecule is COc1ccc(NC(=O)CC(C)NC(C)C2CCCO2)c(OC)c1. The second kappa shape index (κ2) is 8.89. The van der Waals surface area contributed by atoms with Gasteiger partial charge in [-0.3, -0.25) is 4.79 Å². The van der Waals surface area contributed by atoms with Gasteiger partial charge in [0.1, 0.15) is 11.5 Å². The largest absolute Gasteiger partial charge is 0.497 e. The van der Waals surface area contributed by atoms with Crippen LogP contribution in [-0.2, 0) is 9.53 Å². The average molecular weight is 336 g/mol. The summed E-state index contributed by atoms with van der Waals surface area (Å²) in [7, 11) is 3.16. The number of carbonyl (C=O) groups excluding carboxylic acids is 1. The summed E-state index contributed by atoms with van der Waals surface area (Å²) in [4.78, 5) is 12.3. The molecule has 1 saturated heterocycles. The lowest BCUT2D eigenvalue weighted by molar-refractivity contribution is -0.116. The highest BCUT2D eigenvalue weighted by atomic mass is 16.5. The number of carbonyl (C=O) groups is 1. The van der Waals surface area contributed by atoms with Crippen LogP contribution in [0.3, 0.4) is 0 Å². The van der Waals surface area contributed by atoms with Crippen molar-refractivity contribution in [2.75, 3.05) is 26.1 Å². The first-order chi connectivity index (χ1) is 11.5. The number of nitrogens with one attached hydrogen (secondary N) is 2. The minimum absolute atomic E-state index is 0.0574. The number of methoxy groups -OCH3 is 2. The molecule has 1 aliphatic rings. The Morgan fingerprint density at radius 3 is 2.75 bits per heavy atom. The fourth-order valence-electron chi connectivity index (χ4n) is 2.99. The average Bonchev–Trinajstić information content (AvgIpc) is 3.09. The molecular weight excluding hydrogens is 308 g/mol. The van der Waals surface area contributed by atoms with Crippen molar-refractivity contribution >= 4 is 11.6 Å². The van der Waals surface area contributed by atoms with Crippen LogP contribution in [0.25, 0.3) is 0 Å². The third-order valence-corrected chi connectivity index (χ3v) is 4.24. The summed E-state index contributed by atoms with van der Waals surface area (Å²) in [6.07, 6.45) is 2.82. The molecule has 6 heteroatoms. The van der Waals surface area contributed by atoms with Crippen LogP contribution in [0.5, 0.6) is 11.5 Å². The van der Waals surface area contributed by atoms with Crippen molar-refractivity contribution in [1.29, 1.82) is 0 Å². The molecule has 0 radical (unpaired) electrons. The normalized spacial score (nSPS) is 19.6. The number of amides is 1. The van der Waals surface area contributed by atoms with E-state index in [9.17, 15) is 4.79 Å². The maximum Gasteiger partial charge on any atom is 0.226 e. The van der Waals surface area contributed by atoms with Gasteiger partial charge in [0.25, 0.3) is 0 Å². The summed E-state index contributed by atoms with van der Waals surface area (Å²) < 4.78 is 16.1. The number of rotatable bonds is 8. The van der Waals surface area contributed by atoms with Gasteiger partial charge in [0.2, 0.25) is 5.91 Å². The van der Waals surface area contributed by atoms with E-state index in [1.807, 2.05) is 6.92 Å². The summed E-state index contributed by atoms with van der Waals surface area (Å²) in [6.45, 7) is 4.95. The van der Waals surface area contributed by atoms with Crippen molar-refractivity contribution in [3.8, 4) is 11.5 Å². The highest BCUT2D eigenvalue weighted by molar-refractivity contribution is 5.92. The van der Waals surface area contributed by atoms with E-state index in [0.717, 1.165) is 19.4 Å². The van der Waals surface area contributed by atoms with E-state index in [0.29, 0.717) is 23.6 Å². The van der Waals surface area contributed by atoms with E-state index in [4.69, 9.17) is 14.2 Å². The quantitative estimate of drug-likeness (QED) is 0.764. The summed E-state index contributed by atoms with van der Waals surface area (Å²) in [5, 5.41) is 6.34. The molecule has 2 N–H and O–H groups in total. The summed E-state index contributed by atoms with van der Waals surface area (Å²) in [5.74, 6) is 1.21. The maximum absolute atomic E-state index is 12.3. The Kier molecular flexibility index (Phi) is 6.87. The van der Waals surface area contributed by atoms with Crippen LogP contribution >= 0.6 is 0 Å². The Balaban J connectivity index is 1.85. The Morgan fingerprint density at radius 1 is 1.33 bits per heavy atom. The number of benzene rings is 1. The van der Waals surface area contributed by atoms with Gasteiger partial charge in [-0.05, 0) is 38.8 Å². The predicted octanol–water partition coefficient (Wildman–Crippen LogP) is 2.58. The molecule has 1 amide bonds. The van der Waals surface area contributed by atoms with Crippen LogP contribution < -0.4 is 20.1 Å². The molecule has 1 fully saturated rings. The first-order valence-corrected chi connectivity index (χ1v) is 8.43. The first kappa shape index (κ1) is 18.5. The third-order valence-electron chi connectivity index (χ3n) is 4.24. The molecule has 3 atom stereocenters. The maximum atomic E-state index is 12.3. The second-order valence-corrected chi connectivity index (χ2v) is 6.23. The summed E-state index contributed by atoms with van der Waals surface area (Å²) in [5.41, 5.74) is 0.641. The van der Waals surface area contributed by atoms with Gasteiger partial charge in [-0.1, -0.05) is 0 Å². The molecule has 0 aliphatic carbocycles. The zero-order valence-corrected chi connectivity index (χ0v) is 14.9. The van der Waals surface area contributed by atoms with E-state index < -0.39 is 0 Å². The standard InChI is InChI=1S/C18H28N2O4/c1-12(19-13(2)16-6-5-9-24-16)10-18(21)20-15-8-7-14(22-3)11-17(15)23-4/h7-8,11-13,16,19H,5-6,9-10H2,1-4H3,(H,20,21). The Morgan fingerprint density at radius 2 is 2.12 bits per heavy atom. The van der Waals surface area contributed by atoms with Crippen LogP contribution in [0, 0.1) is 0 Å². The topological polar surface area (TPSA) is 68.8 Å². The second-order valence-electron chi connectivity index (χ2n) is 6.23. The lowest BCUT2D eigenvalue weighted by Crippen LogP contribution is -2.43. The van der Waals surface area contributed by atoms with Gasteiger partial charge in [-0.15, -0.1) is 0 Å². The minimum atomic E-state index is -0.0574. The molecule has 0 bridgehead atoms. The monoisotopic (exact) mass is 336 g/mol. The highest BCUT2D eigenvalue weighted by Crippen LogP contribution is 2.29. The third kappa shape index (κ3) is 5.11. The highest BCUT2D eigenvalue weighted by Gasteiger charge is 2.24. The molecule has 1 aliphatic heterocycles. The lowest BCUT2D eigenvalue weighted by atomic mass is 10.1. The van der Waals surface area contributed by atoms with E-state index in [-0.39, 0.29) is 24.1 Å².